The average Bonchev–Trinajstić information content (AvgIpc) is 3.14. The van der Waals surface area contributed by atoms with Crippen molar-refractivity contribution in [3.05, 3.63) is 0 Å². The maximum Gasteiger partial charge on any atom is 0.405 e. The second kappa shape index (κ2) is 6.59. The Kier molecular flexibility index (Phi) is 4.88. The summed E-state index contributed by atoms with van der Waals surface area (Å²) in [6, 6.07) is 0.199. The number of carbonyl (C=O) groups is 1. The zero-order valence-electron chi connectivity index (χ0n) is 13.6. The van der Waals surface area contributed by atoms with E-state index >= 15 is 0 Å². The summed E-state index contributed by atoms with van der Waals surface area (Å²) < 4.78 is 36.6. The highest BCUT2D eigenvalue weighted by atomic mass is 19.4. The van der Waals surface area contributed by atoms with Crippen LogP contribution in [-0.4, -0.2) is 66.7 Å². The Morgan fingerprint density at radius 3 is 2.39 bits per heavy atom. The van der Waals surface area contributed by atoms with Gasteiger partial charge in [0.2, 0.25) is 5.91 Å². The molecule has 3 rings (SSSR count). The number of alkyl halides is 3. The maximum atomic E-state index is 12.2. The number of carbonyl (C=O) groups excluding carboxylic acids is 1. The minimum Gasteiger partial charge on any atom is -0.346 e. The first-order valence-electron chi connectivity index (χ1n) is 8.66. The molecule has 1 heterocycles. The third-order valence-corrected chi connectivity index (χ3v) is 5.91. The molecule has 132 valence electrons. The van der Waals surface area contributed by atoms with Crippen LogP contribution in [0.2, 0.25) is 0 Å². The van der Waals surface area contributed by atoms with Crippen LogP contribution in [0, 0.1) is 11.8 Å². The monoisotopic (exact) mass is 333 g/mol. The zero-order valence-corrected chi connectivity index (χ0v) is 13.6. The minimum atomic E-state index is -4.35. The van der Waals surface area contributed by atoms with Gasteiger partial charge in [-0.2, -0.15) is 13.2 Å². The second-order valence-corrected chi connectivity index (χ2v) is 7.32. The third-order valence-electron chi connectivity index (χ3n) is 5.91. The molecule has 2 bridgehead atoms. The van der Waals surface area contributed by atoms with Crippen LogP contribution >= 0.6 is 0 Å². The summed E-state index contributed by atoms with van der Waals surface area (Å²) in [5.74, 6) is 1.23. The first kappa shape index (κ1) is 17.0. The molecule has 23 heavy (non-hydrogen) atoms. The van der Waals surface area contributed by atoms with Crippen molar-refractivity contribution >= 4 is 5.91 Å². The van der Waals surface area contributed by atoms with Gasteiger partial charge in [0, 0.05) is 32.2 Å². The highest BCUT2D eigenvalue weighted by Crippen LogP contribution is 2.46. The lowest BCUT2D eigenvalue weighted by molar-refractivity contribution is -0.141. The van der Waals surface area contributed by atoms with Gasteiger partial charge in [-0.15, -0.1) is 0 Å². The minimum absolute atomic E-state index is 0.500. The van der Waals surface area contributed by atoms with Crippen molar-refractivity contribution in [2.75, 3.05) is 32.7 Å². The van der Waals surface area contributed by atoms with Gasteiger partial charge in [-0.3, -0.25) is 14.6 Å². The third kappa shape index (κ3) is 3.99. The highest BCUT2D eigenvalue weighted by Gasteiger charge is 2.43. The molecule has 3 aliphatic rings. The molecule has 0 aromatic heterocycles. The number of piperazine rings is 1. The smallest absolute Gasteiger partial charge is 0.346 e. The number of hydrogen-bond acceptors (Lipinski definition) is 3. The standard InChI is InChI=1S/C16H26F3N3O/c1-11(15(23)20-10-16(17,18)19)21-4-6-22(7-5-21)14-9-12-2-3-13(14)8-12/h11-14H,2-10H2,1H3,(H,20,23)/t11-,12+,13+,14-/m1/s1. The lowest BCUT2D eigenvalue weighted by Gasteiger charge is -2.42. The van der Waals surface area contributed by atoms with Gasteiger partial charge in [0.25, 0.3) is 0 Å². The molecule has 4 atom stereocenters. The SMILES string of the molecule is C[C@H](C(=O)NCC(F)(F)F)N1CCN([C@@H]2C[C@H]3CC[C@H]2C3)CC1. The summed E-state index contributed by atoms with van der Waals surface area (Å²) in [6.07, 6.45) is 1.08. The summed E-state index contributed by atoms with van der Waals surface area (Å²) in [5, 5.41) is 1.99. The number of nitrogens with zero attached hydrogens (tertiary/aromatic N) is 2. The fraction of sp³-hybridized carbons (Fsp3) is 0.938. The van der Waals surface area contributed by atoms with Crippen molar-refractivity contribution < 1.29 is 18.0 Å². The van der Waals surface area contributed by atoms with E-state index in [-0.39, 0.29) is 0 Å². The molecule has 0 aromatic carbocycles. The number of nitrogens with one attached hydrogen (secondary N) is 1. The van der Waals surface area contributed by atoms with E-state index in [1.807, 2.05) is 10.2 Å². The van der Waals surface area contributed by atoms with Crippen LogP contribution in [-0.2, 0) is 4.79 Å². The quantitative estimate of drug-likeness (QED) is 0.853. The summed E-state index contributed by atoms with van der Waals surface area (Å²) in [7, 11) is 0. The predicted molar refractivity (Wildman–Crippen MR) is 80.9 cm³/mol. The van der Waals surface area contributed by atoms with Gasteiger partial charge in [0.15, 0.2) is 0 Å². The molecule has 2 aliphatic carbocycles. The molecule has 1 N–H and O–H groups in total. The molecule has 3 fully saturated rings. The Morgan fingerprint density at radius 2 is 1.87 bits per heavy atom. The predicted octanol–water partition coefficient (Wildman–Crippen LogP) is 1.86. The molecule has 4 nitrogen and oxygen atoms in total. The first-order chi connectivity index (χ1) is 10.8. The number of halogens is 3. The van der Waals surface area contributed by atoms with E-state index in [0.29, 0.717) is 6.04 Å². The van der Waals surface area contributed by atoms with Crippen LogP contribution in [0.3, 0.4) is 0 Å². The molecule has 1 saturated heterocycles. The van der Waals surface area contributed by atoms with E-state index in [9.17, 15) is 18.0 Å². The number of hydrogen-bond donors (Lipinski definition) is 1. The van der Waals surface area contributed by atoms with Gasteiger partial charge in [0.05, 0.1) is 6.04 Å². The molecule has 1 amide bonds. The van der Waals surface area contributed by atoms with Crippen molar-refractivity contribution in [1.29, 1.82) is 0 Å². The normalized spacial score (nSPS) is 33.8. The first-order valence-corrected chi connectivity index (χ1v) is 8.66. The molecule has 7 heteroatoms. The van der Waals surface area contributed by atoms with Crippen LogP contribution in [0.5, 0.6) is 0 Å². The van der Waals surface area contributed by atoms with Crippen LogP contribution in [0.1, 0.15) is 32.6 Å². The molecule has 2 saturated carbocycles. The van der Waals surface area contributed by atoms with Gasteiger partial charge in [-0.1, -0.05) is 6.42 Å². The highest BCUT2D eigenvalue weighted by molar-refractivity contribution is 5.81. The van der Waals surface area contributed by atoms with Crippen molar-refractivity contribution in [2.24, 2.45) is 11.8 Å². The molecule has 0 unspecified atom stereocenters. The summed E-state index contributed by atoms with van der Waals surface area (Å²) >= 11 is 0. The lowest BCUT2D eigenvalue weighted by Crippen LogP contribution is -2.56. The average molecular weight is 333 g/mol. The van der Waals surface area contributed by atoms with Crippen molar-refractivity contribution in [2.45, 2.75) is 50.9 Å². The molecular weight excluding hydrogens is 307 g/mol. The molecule has 1 aliphatic heterocycles. The van der Waals surface area contributed by atoms with E-state index in [1.165, 1.54) is 25.7 Å². The Labute approximate surface area is 135 Å². The van der Waals surface area contributed by atoms with Gasteiger partial charge in [-0.25, -0.2) is 0 Å². The van der Waals surface area contributed by atoms with E-state index in [4.69, 9.17) is 0 Å². The van der Waals surface area contributed by atoms with Gasteiger partial charge in [-0.05, 0) is 38.0 Å². The van der Waals surface area contributed by atoms with Crippen molar-refractivity contribution in [1.82, 2.24) is 15.1 Å². The fourth-order valence-corrected chi connectivity index (χ4v) is 4.62. The van der Waals surface area contributed by atoms with E-state index in [0.717, 1.165) is 38.0 Å². The number of fused-ring (bicyclic) bond motifs is 2. The van der Waals surface area contributed by atoms with Crippen LogP contribution < -0.4 is 5.32 Å². The van der Waals surface area contributed by atoms with Crippen molar-refractivity contribution in [3.8, 4) is 0 Å². The maximum absolute atomic E-state index is 12.2. The summed E-state index contributed by atoms with van der Waals surface area (Å²) in [4.78, 5) is 16.4. The summed E-state index contributed by atoms with van der Waals surface area (Å²) in [5.41, 5.74) is 0. The van der Waals surface area contributed by atoms with Gasteiger partial charge in [0.1, 0.15) is 6.54 Å². The molecular formula is C16H26F3N3O. The Balaban J connectivity index is 1.44. The van der Waals surface area contributed by atoms with Gasteiger partial charge >= 0.3 is 6.18 Å². The van der Waals surface area contributed by atoms with Crippen LogP contribution in [0.4, 0.5) is 13.2 Å². The topological polar surface area (TPSA) is 35.6 Å². The lowest BCUT2D eigenvalue weighted by atomic mass is 9.93. The number of amides is 1. The Hall–Kier alpha value is -0.820. The van der Waals surface area contributed by atoms with Gasteiger partial charge < -0.3 is 5.32 Å². The number of rotatable bonds is 4. The van der Waals surface area contributed by atoms with Crippen LogP contribution in [0.15, 0.2) is 0 Å². The molecule has 0 radical (unpaired) electrons. The largest absolute Gasteiger partial charge is 0.405 e. The zero-order chi connectivity index (χ0) is 16.6. The van der Waals surface area contributed by atoms with E-state index < -0.39 is 24.7 Å². The van der Waals surface area contributed by atoms with Crippen LogP contribution in [0.25, 0.3) is 0 Å². The Morgan fingerprint density at radius 1 is 1.17 bits per heavy atom. The fourth-order valence-electron chi connectivity index (χ4n) is 4.62. The second-order valence-electron chi connectivity index (χ2n) is 7.32. The molecule has 0 spiro atoms. The van der Waals surface area contributed by atoms with E-state index in [1.54, 1.807) is 6.92 Å². The summed E-state index contributed by atoms with van der Waals surface area (Å²) in [6.45, 7) is 3.80. The van der Waals surface area contributed by atoms with Crippen molar-refractivity contribution in [3.63, 3.8) is 0 Å². The Bertz CT molecular complexity index is 435. The molecule has 0 aromatic rings. The van der Waals surface area contributed by atoms with E-state index in [2.05, 4.69) is 4.90 Å².